The summed E-state index contributed by atoms with van der Waals surface area (Å²) >= 11 is 1.48. The molecule has 2 aromatic carbocycles. The number of amides is 5. The second-order valence-electron chi connectivity index (χ2n) is 9.10. The fraction of sp³-hybridized carbons (Fsp3) is 0.321. The summed E-state index contributed by atoms with van der Waals surface area (Å²) < 4.78 is 7.47. The van der Waals surface area contributed by atoms with E-state index in [1.165, 1.54) is 36.9 Å². The quantitative estimate of drug-likeness (QED) is 0.131. The number of aromatic hydroxyl groups is 1. The van der Waals surface area contributed by atoms with Crippen LogP contribution in [-0.2, 0) is 30.4 Å². The van der Waals surface area contributed by atoms with E-state index in [0.717, 1.165) is 0 Å². The van der Waals surface area contributed by atoms with Crippen LogP contribution in [-0.4, -0.2) is 71.3 Å². The maximum atomic E-state index is 13.0. The molecule has 0 unspecified atom stereocenters. The maximum Gasteiger partial charge on any atom is 0.268 e. The van der Waals surface area contributed by atoms with Crippen molar-refractivity contribution in [3.8, 4) is 5.75 Å². The van der Waals surface area contributed by atoms with Crippen LogP contribution in [0.2, 0.25) is 1.41 Å². The van der Waals surface area contributed by atoms with E-state index in [1.54, 1.807) is 42.5 Å². The molecule has 13 heteroatoms. The molecule has 0 aromatic heterocycles. The van der Waals surface area contributed by atoms with Gasteiger partial charge in [-0.3, -0.25) is 24.0 Å². The SMILES string of the molecule is [2H]N[C@@H](Cc1ccc(O)cc1)C(=O)N[C@@H](C)C(=O)NCC(=O)NC(=Cc1ccccc1)C(=O)N[C@@H](CCSC)C(N)=O. The highest BCUT2D eigenvalue weighted by atomic mass is 32.2. The monoisotopic (exact) mass is 585 g/mol. The number of nitrogens with two attached hydrogens (primary N) is 2. The van der Waals surface area contributed by atoms with Crippen LogP contribution in [0.25, 0.3) is 6.08 Å². The minimum atomic E-state index is -1.05. The Balaban J connectivity index is 1.99. The third kappa shape index (κ3) is 11.7. The molecule has 9 N–H and O–H groups in total. The van der Waals surface area contributed by atoms with Gasteiger partial charge in [0, 0.05) is 0 Å². The van der Waals surface area contributed by atoms with Crippen molar-refractivity contribution in [3.05, 3.63) is 71.4 Å². The minimum Gasteiger partial charge on any atom is -0.508 e. The molecule has 0 heterocycles. The second kappa shape index (κ2) is 16.7. The molecule has 0 fully saturated rings. The Bertz CT molecular complexity index is 1260. The number of benzene rings is 2. The van der Waals surface area contributed by atoms with Gasteiger partial charge in [0.2, 0.25) is 23.6 Å². The summed E-state index contributed by atoms with van der Waals surface area (Å²) in [5.41, 5.74) is 8.71. The van der Waals surface area contributed by atoms with Crippen molar-refractivity contribution in [2.75, 3.05) is 18.6 Å². The normalized spacial score (nSPS) is 13.6. The summed E-state index contributed by atoms with van der Waals surface area (Å²) in [5, 5.41) is 19.3. The molecule has 3 atom stereocenters. The predicted octanol–water partition coefficient (Wildman–Crippen LogP) is -0.237. The molecule has 5 amide bonds. The fourth-order valence-electron chi connectivity index (χ4n) is 3.49. The summed E-state index contributed by atoms with van der Waals surface area (Å²) in [4.78, 5) is 62.7. The second-order valence-corrected chi connectivity index (χ2v) is 10.1. The van der Waals surface area contributed by atoms with Crippen LogP contribution in [0.15, 0.2) is 60.3 Å². The zero-order valence-corrected chi connectivity index (χ0v) is 23.6. The van der Waals surface area contributed by atoms with Crippen molar-refractivity contribution < 1.29 is 30.5 Å². The maximum absolute atomic E-state index is 13.0. The van der Waals surface area contributed by atoms with E-state index < -0.39 is 54.2 Å². The van der Waals surface area contributed by atoms with Crippen molar-refractivity contribution in [2.24, 2.45) is 11.5 Å². The van der Waals surface area contributed by atoms with E-state index in [2.05, 4.69) is 27.0 Å². The number of rotatable bonds is 16. The van der Waals surface area contributed by atoms with Crippen molar-refractivity contribution in [2.45, 2.75) is 37.9 Å². The number of thioether (sulfide) groups is 1. The number of nitrogens with one attached hydrogen (secondary N) is 4. The summed E-state index contributed by atoms with van der Waals surface area (Å²) in [6.07, 6.45) is 3.72. The standard InChI is InChI=1S/C28H36N6O6S/c1-17(32-27(39)21(29)14-19-8-10-20(35)11-9-19)26(38)31-16-24(36)33-23(15-18-6-4-3-5-7-18)28(40)34-22(25(30)37)12-13-41-2/h3-11,15,17,21-22,35H,12-14,16,29H2,1-2H3,(H2,30,37)(H,31,38)(H,32,39)(H,33,36)(H,34,40)/t17-,21-,22-/m0/s1/i/hD. The molecular weight excluding hydrogens is 548 g/mol. The van der Waals surface area contributed by atoms with Crippen LogP contribution in [0.5, 0.6) is 5.75 Å². The molecule has 220 valence electrons. The molecule has 12 nitrogen and oxygen atoms in total. The Morgan fingerprint density at radius 2 is 1.71 bits per heavy atom. The lowest BCUT2D eigenvalue weighted by Gasteiger charge is -2.18. The molecule has 0 aliphatic carbocycles. The zero-order chi connectivity index (χ0) is 31.1. The summed E-state index contributed by atoms with van der Waals surface area (Å²) in [7, 11) is 0. The Morgan fingerprint density at radius 1 is 1.02 bits per heavy atom. The smallest absolute Gasteiger partial charge is 0.268 e. The molecule has 0 bridgehead atoms. The largest absolute Gasteiger partial charge is 0.508 e. The van der Waals surface area contributed by atoms with Crippen molar-refractivity contribution in [3.63, 3.8) is 0 Å². The lowest BCUT2D eigenvalue weighted by atomic mass is 10.1. The van der Waals surface area contributed by atoms with Crippen LogP contribution in [0.3, 0.4) is 0 Å². The van der Waals surface area contributed by atoms with Gasteiger partial charge in [-0.25, -0.2) is 0 Å². The van der Waals surface area contributed by atoms with Gasteiger partial charge in [-0.2, -0.15) is 11.8 Å². The van der Waals surface area contributed by atoms with Crippen molar-refractivity contribution >= 4 is 47.4 Å². The van der Waals surface area contributed by atoms with Gasteiger partial charge < -0.3 is 37.8 Å². The number of primary amides is 1. The highest BCUT2D eigenvalue weighted by Crippen LogP contribution is 2.11. The Kier molecular flexibility index (Phi) is 12.7. The third-order valence-electron chi connectivity index (χ3n) is 5.76. The average Bonchev–Trinajstić information content (AvgIpc) is 2.97. The fourth-order valence-corrected chi connectivity index (χ4v) is 3.96. The van der Waals surface area contributed by atoms with Crippen LogP contribution < -0.4 is 32.7 Å². The number of carbonyl (C=O) groups is 5. The molecule has 0 aliphatic rings. The minimum absolute atomic E-state index is 0.0669. The van der Waals surface area contributed by atoms with E-state index >= 15 is 0 Å². The first-order valence-electron chi connectivity index (χ1n) is 13.2. The van der Waals surface area contributed by atoms with E-state index in [1.807, 2.05) is 6.26 Å². The summed E-state index contributed by atoms with van der Waals surface area (Å²) in [6, 6.07) is 11.9. The number of hydrogen-bond donors (Lipinski definition) is 7. The average molecular weight is 586 g/mol. The molecular formula is C28H36N6O6S. The highest BCUT2D eigenvalue weighted by Gasteiger charge is 2.23. The number of carbonyl (C=O) groups excluding carboxylic acids is 5. The van der Waals surface area contributed by atoms with Gasteiger partial charge in [-0.05, 0) is 61.1 Å². The first-order valence-corrected chi connectivity index (χ1v) is 14.1. The van der Waals surface area contributed by atoms with E-state index in [0.29, 0.717) is 23.3 Å². The van der Waals surface area contributed by atoms with Gasteiger partial charge in [-0.1, -0.05) is 42.5 Å². The Labute approximate surface area is 244 Å². The van der Waals surface area contributed by atoms with Gasteiger partial charge in [-0.15, -0.1) is 0 Å². The number of hydrogen-bond acceptors (Lipinski definition) is 8. The molecule has 2 rings (SSSR count). The van der Waals surface area contributed by atoms with Crippen molar-refractivity contribution in [1.29, 1.82) is 0 Å². The summed E-state index contributed by atoms with van der Waals surface area (Å²) in [5.74, 6) is -2.80. The first-order chi connectivity index (χ1) is 20.0. The van der Waals surface area contributed by atoms with Gasteiger partial charge in [0.05, 0.1) is 12.6 Å². The van der Waals surface area contributed by atoms with Crippen LogP contribution in [0.4, 0.5) is 0 Å². The molecule has 0 aliphatic heterocycles. The Morgan fingerprint density at radius 3 is 2.32 bits per heavy atom. The molecule has 2 aromatic rings. The van der Waals surface area contributed by atoms with Crippen LogP contribution >= 0.6 is 11.8 Å². The van der Waals surface area contributed by atoms with E-state index in [9.17, 15) is 29.1 Å². The lowest BCUT2D eigenvalue weighted by molar-refractivity contribution is -0.130. The zero-order valence-electron chi connectivity index (χ0n) is 23.8. The molecule has 0 saturated carbocycles. The lowest BCUT2D eigenvalue weighted by Crippen LogP contribution is -2.52. The Hall–Kier alpha value is -4.36. The predicted molar refractivity (Wildman–Crippen MR) is 157 cm³/mol. The third-order valence-corrected chi connectivity index (χ3v) is 6.40. The molecule has 0 radical (unpaired) electrons. The van der Waals surface area contributed by atoms with E-state index in [-0.39, 0.29) is 17.9 Å². The molecule has 0 spiro atoms. The van der Waals surface area contributed by atoms with E-state index in [4.69, 9.17) is 7.15 Å². The van der Waals surface area contributed by atoms with Gasteiger partial charge in [0.25, 0.3) is 5.91 Å². The highest BCUT2D eigenvalue weighted by molar-refractivity contribution is 7.98. The van der Waals surface area contributed by atoms with Gasteiger partial charge >= 0.3 is 0 Å². The first kappa shape index (κ1) is 31.2. The van der Waals surface area contributed by atoms with Crippen LogP contribution in [0.1, 0.15) is 24.5 Å². The molecule has 0 saturated heterocycles. The molecule has 41 heavy (non-hydrogen) atoms. The van der Waals surface area contributed by atoms with Crippen molar-refractivity contribution in [1.82, 2.24) is 21.3 Å². The van der Waals surface area contributed by atoms with Gasteiger partial charge in [0.1, 0.15) is 24.9 Å². The number of phenolic OH excluding ortho intramolecular Hbond substituents is 1. The topological polar surface area (TPSA) is 206 Å². The number of phenols is 1. The van der Waals surface area contributed by atoms with Crippen LogP contribution in [0, 0.1) is 0 Å². The van der Waals surface area contributed by atoms with Gasteiger partial charge in [0.15, 0.2) is 0 Å². The summed E-state index contributed by atoms with van der Waals surface area (Å²) in [6.45, 7) is 0.900.